The molecule has 0 bridgehead atoms. The highest BCUT2D eigenvalue weighted by Crippen LogP contribution is 3.02. The molecule has 0 aromatic heterocycles. The average molecular weight is 519 g/mol. The third-order valence-corrected chi connectivity index (χ3v) is 8.07. The number of rotatable bonds is 11. The van der Waals surface area contributed by atoms with Crippen LogP contribution < -0.4 is 4.74 Å². The summed E-state index contributed by atoms with van der Waals surface area (Å²) in [5.41, 5.74) is 1.42. The van der Waals surface area contributed by atoms with Crippen LogP contribution in [0.2, 0.25) is 0 Å². The molecule has 2 aromatic rings. The number of carbonyl (C=O) groups excluding carboxylic acids is 1. The predicted molar refractivity (Wildman–Crippen MR) is 132 cm³/mol. The molecule has 0 saturated heterocycles. The van der Waals surface area contributed by atoms with Crippen molar-refractivity contribution in [3.05, 3.63) is 59.7 Å². The third kappa shape index (κ3) is 8.51. The number of carbonyl (C=O) groups is 1. The highest BCUT2D eigenvalue weighted by atomic mass is 32.5. The van der Waals surface area contributed by atoms with Crippen LogP contribution in [0.5, 0.6) is 5.75 Å². The lowest BCUT2D eigenvalue weighted by molar-refractivity contribution is 0.0734. The van der Waals surface area contributed by atoms with Crippen molar-refractivity contribution in [3.8, 4) is 5.75 Å². The van der Waals surface area contributed by atoms with Crippen molar-refractivity contribution in [3.63, 3.8) is 0 Å². The molecule has 2 nitrogen and oxygen atoms in total. The highest BCUT2D eigenvalue weighted by Gasteiger charge is 2.65. The van der Waals surface area contributed by atoms with Crippen LogP contribution in [0.3, 0.4) is 0 Å². The van der Waals surface area contributed by atoms with Crippen LogP contribution in [0.4, 0.5) is 19.4 Å². The van der Waals surface area contributed by atoms with Crippen molar-refractivity contribution >= 4 is 16.2 Å². The molecule has 0 spiro atoms. The monoisotopic (exact) mass is 518 g/mol. The van der Waals surface area contributed by atoms with E-state index < -0.39 is 21.1 Å². The average Bonchev–Trinajstić information content (AvgIpc) is 2.81. The van der Waals surface area contributed by atoms with Crippen LogP contribution in [-0.2, 0) is 0 Å². The van der Waals surface area contributed by atoms with Gasteiger partial charge in [0.05, 0.1) is 5.56 Å². The normalized spacial score (nSPS) is 20.6. The number of benzene rings is 2. The molecule has 1 aliphatic rings. The van der Waals surface area contributed by atoms with Crippen LogP contribution in [0, 0.1) is 5.92 Å². The first-order chi connectivity index (χ1) is 16.4. The zero-order valence-electron chi connectivity index (χ0n) is 20.2. The first-order valence-corrected chi connectivity index (χ1v) is 14.5. The number of ether oxygens (including phenoxy) is 1. The molecular weight excluding hydrogens is 483 g/mol. The molecule has 35 heavy (non-hydrogen) atoms. The van der Waals surface area contributed by atoms with Crippen LogP contribution in [-0.4, -0.2) is 5.97 Å². The fourth-order valence-corrected chi connectivity index (χ4v) is 5.47. The molecule has 0 aliphatic heterocycles. The smallest absolute Gasteiger partial charge is 0.343 e. The lowest BCUT2D eigenvalue weighted by Gasteiger charge is -2.40. The Morgan fingerprint density at radius 1 is 0.800 bits per heavy atom. The zero-order valence-corrected chi connectivity index (χ0v) is 21.0. The van der Waals surface area contributed by atoms with E-state index >= 15 is 0 Å². The lowest BCUT2D eigenvalue weighted by Crippen LogP contribution is -2.14. The number of unbranched alkanes of at least 4 members (excludes halogenated alkanes) is 5. The van der Waals surface area contributed by atoms with E-state index in [1.165, 1.54) is 63.4 Å². The molecule has 1 aliphatic carbocycles. The molecule has 0 heterocycles. The summed E-state index contributed by atoms with van der Waals surface area (Å²) in [5.74, 6) is 0.283. The Balaban J connectivity index is 1.47. The Morgan fingerprint density at radius 3 is 1.94 bits per heavy atom. The maximum Gasteiger partial charge on any atom is 0.343 e. The van der Waals surface area contributed by atoms with E-state index in [0.717, 1.165) is 30.9 Å². The van der Waals surface area contributed by atoms with Crippen molar-refractivity contribution in [1.29, 1.82) is 0 Å². The van der Waals surface area contributed by atoms with E-state index in [1.807, 2.05) is 12.1 Å². The summed E-state index contributed by atoms with van der Waals surface area (Å²) in [5, 5.41) is 0. The van der Waals surface area contributed by atoms with Gasteiger partial charge in [-0.3, -0.25) is 0 Å². The Labute approximate surface area is 205 Å². The van der Waals surface area contributed by atoms with Gasteiger partial charge in [0.15, 0.2) is 0 Å². The molecule has 0 N–H and O–H groups in total. The second kappa shape index (κ2) is 10.5. The second-order valence-corrected chi connectivity index (χ2v) is 12.1. The molecule has 196 valence electrons. The van der Waals surface area contributed by atoms with E-state index in [9.17, 15) is 24.2 Å². The Bertz CT molecular complexity index is 964. The summed E-state index contributed by atoms with van der Waals surface area (Å²) in [7, 11) is -9.75. The van der Waals surface area contributed by atoms with E-state index in [4.69, 9.17) is 4.74 Å². The first kappa shape index (κ1) is 27.5. The van der Waals surface area contributed by atoms with E-state index in [2.05, 4.69) is 6.92 Å². The van der Waals surface area contributed by atoms with Gasteiger partial charge in [-0.1, -0.05) is 83.4 Å². The summed E-state index contributed by atoms with van der Waals surface area (Å²) in [6, 6.07) is 8.99. The van der Waals surface area contributed by atoms with Gasteiger partial charge in [0, 0.05) is 0 Å². The van der Waals surface area contributed by atoms with Crippen molar-refractivity contribution in [2.24, 2.45) is 5.92 Å². The molecule has 2 aromatic carbocycles. The van der Waals surface area contributed by atoms with Gasteiger partial charge in [-0.2, -0.15) is 0 Å². The quantitative estimate of drug-likeness (QED) is 0.128. The molecule has 0 unspecified atom stereocenters. The van der Waals surface area contributed by atoms with Crippen molar-refractivity contribution in [2.75, 3.05) is 0 Å². The number of esters is 1. The van der Waals surface area contributed by atoms with Crippen LogP contribution in [0.15, 0.2) is 53.4 Å². The van der Waals surface area contributed by atoms with Gasteiger partial charge in [0.25, 0.3) is 0 Å². The van der Waals surface area contributed by atoms with E-state index in [0.29, 0.717) is 5.92 Å². The van der Waals surface area contributed by atoms with E-state index in [1.54, 1.807) is 12.1 Å². The Morgan fingerprint density at radius 2 is 1.37 bits per heavy atom. The van der Waals surface area contributed by atoms with Crippen LogP contribution in [0.25, 0.3) is 0 Å². The number of hydrogen-bond donors (Lipinski definition) is 0. The molecule has 1 saturated carbocycles. The predicted octanol–water partition coefficient (Wildman–Crippen LogP) is 10.6. The minimum atomic E-state index is -9.75. The second-order valence-electron chi connectivity index (χ2n) is 9.73. The Hall–Kier alpha value is -2.09. The zero-order chi connectivity index (χ0) is 25.6. The third-order valence-electron chi connectivity index (χ3n) is 6.91. The summed E-state index contributed by atoms with van der Waals surface area (Å²) in [6.45, 7) is 2.23. The molecule has 3 rings (SSSR count). The summed E-state index contributed by atoms with van der Waals surface area (Å²) in [4.78, 5) is 10.3. The first-order valence-electron chi connectivity index (χ1n) is 12.5. The summed E-state index contributed by atoms with van der Waals surface area (Å²) >= 11 is 0. The fourth-order valence-electron chi connectivity index (χ4n) is 4.82. The molecular formula is C27H35F5O2S. The summed E-state index contributed by atoms with van der Waals surface area (Å²) < 4.78 is 69.2. The van der Waals surface area contributed by atoms with Gasteiger partial charge in [-0.15, -0.1) is 0 Å². The molecule has 0 radical (unpaired) electrons. The highest BCUT2D eigenvalue weighted by molar-refractivity contribution is 8.45. The topological polar surface area (TPSA) is 26.3 Å². The molecule has 8 heteroatoms. The molecule has 0 atom stereocenters. The van der Waals surface area contributed by atoms with Crippen LogP contribution in [0.1, 0.15) is 99.4 Å². The Kier molecular flexibility index (Phi) is 8.24. The van der Waals surface area contributed by atoms with Crippen LogP contribution >= 0.6 is 10.2 Å². The van der Waals surface area contributed by atoms with Gasteiger partial charge in [-0.25, -0.2) is 4.79 Å². The van der Waals surface area contributed by atoms with Gasteiger partial charge >= 0.3 is 16.2 Å². The maximum absolute atomic E-state index is 12.8. The minimum Gasteiger partial charge on any atom is -0.423 e. The van der Waals surface area contributed by atoms with E-state index in [-0.39, 0.29) is 23.4 Å². The van der Waals surface area contributed by atoms with Crippen molar-refractivity contribution < 1.29 is 29.0 Å². The minimum absolute atomic E-state index is 0.228. The largest absolute Gasteiger partial charge is 0.423 e. The lowest BCUT2D eigenvalue weighted by atomic mass is 9.77. The SMILES string of the molecule is CCCCCCCC[C@H]1CC[C@H](c2ccc(C(=O)Oc3ccc(S(F)(F)(F)(F)F)cc3)cc2)CC1. The van der Waals surface area contributed by atoms with Gasteiger partial charge in [0.2, 0.25) is 0 Å². The van der Waals surface area contributed by atoms with Gasteiger partial charge < -0.3 is 4.74 Å². The maximum atomic E-state index is 12.8. The number of halogens is 5. The van der Waals surface area contributed by atoms with Gasteiger partial charge in [-0.05, 0) is 79.5 Å². The summed E-state index contributed by atoms with van der Waals surface area (Å²) in [6.07, 6.45) is 13.9. The molecule has 1 fully saturated rings. The number of hydrogen-bond acceptors (Lipinski definition) is 2. The van der Waals surface area contributed by atoms with Crippen molar-refractivity contribution in [1.82, 2.24) is 0 Å². The van der Waals surface area contributed by atoms with Gasteiger partial charge in [0.1, 0.15) is 10.6 Å². The van der Waals surface area contributed by atoms with Crippen molar-refractivity contribution in [2.45, 2.75) is 88.4 Å². The fraction of sp³-hybridized carbons (Fsp3) is 0.519. The standard InChI is InChI=1S/C27H35F5O2S/c1-2-3-4-5-6-7-8-21-9-11-22(12-10-21)23-13-15-24(16-14-23)27(33)34-25-17-19-26(20-18-25)35(28,29,30,31)32/h13-22H,2-12H2,1H3/t21-,22-. The molecule has 0 amide bonds.